The average molecular weight is 375 g/mol. The Balaban J connectivity index is 1.98. The van der Waals surface area contributed by atoms with Gasteiger partial charge in [0.15, 0.2) is 0 Å². The first-order valence-electron chi connectivity index (χ1n) is 8.45. The lowest BCUT2D eigenvalue weighted by Gasteiger charge is -2.01. The zero-order valence-corrected chi connectivity index (χ0v) is 15.8. The number of nitrogens with zero attached hydrogens (tertiary/aromatic N) is 3. The van der Waals surface area contributed by atoms with E-state index in [1.54, 1.807) is 18.2 Å². The van der Waals surface area contributed by atoms with Gasteiger partial charge < -0.3 is 0 Å². The van der Waals surface area contributed by atoms with Crippen molar-refractivity contribution in [2.24, 2.45) is 0 Å². The van der Waals surface area contributed by atoms with Crippen molar-refractivity contribution in [2.45, 2.75) is 20.3 Å². The number of rotatable bonds is 5. The third-order valence-electron chi connectivity index (χ3n) is 4.18. The van der Waals surface area contributed by atoms with Crippen LogP contribution in [0.25, 0.3) is 22.9 Å². The molecule has 5 nitrogen and oxygen atoms in total. The van der Waals surface area contributed by atoms with Crippen LogP contribution in [0.5, 0.6) is 0 Å². The second-order valence-corrected chi connectivity index (χ2v) is 7.20. The maximum atomic E-state index is 10.9. The monoisotopic (exact) mass is 375 g/mol. The Kier molecular flexibility index (Phi) is 5.43. The van der Waals surface area contributed by atoms with Gasteiger partial charge in [0.05, 0.1) is 16.2 Å². The molecule has 6 heteroatoms. The zero-order valence-electron chi connectivity index (χ0n) is 15.0. The first-order valence-corrected chi connectivity index (χ1v) is 9.27. The molecule has 0 saturated carbocycles. The standard InChI is InChI=1S/C21H17N3O2S/c1-3-15-7-9-17(10-8-15)20-14(2)27-21(23-20)18(13-22)11-16-5-4-6-19(12-16)24(25)26/h4-12H,3H2,1-2H3. The zero-order chi connectivity index (χ0) is 19.4. The molecule has 0 atom stereocenters. The molecule has 0 radical (unpaired) electrons. The average Bonchev–Trinajstić information content (AvgIpc) is 3.07. The summed E-state index contributed by atoms with van der Waals surface area (Å²) >= 11 is 1.45. The molecule has 0 saturated heterocycles. The Morgan fingerprint density at radius 3 is 2.67 bits per heavy atom. The fourth-order valence-electron chi connectivity index (χ4n) is 2.71. The molecule has 2 aromatic carbocycles. The number of thiazole rings is 1. The van der Waals surface area contributed by atoms with E-state index in [0.717, 1.165) is 22.6 Å². The van der Waals surface area contributed by atoms with Gasteiger partial charge in [-0.15, -0.1) is 11.3 Å². The highest BCUT2D eigenvalue weighted by atomic mass is 32.1. The first kappa shape index (κ1) is 18.5. The third-order valence-corrected chi connectivity index (χ3v) is 5.18. The van der Waals surface area contributed by atoms with Gasteiger partial charge in [0, 0.05) is 22.6 Å². The molecule has 0 bridgehead atoms. The van der Waals surface area contributed by atoms with E-state index < -0.39 is 4.92 Å². The minimum atomic E-state index is -0.449. The molecule has 0 aliphatic rings. The molecule has 0 aliphatic carbocycles. The maximum Gasteiger partial charge on any atom is 0.270 e. The van der Waals surface area contributed by atoms with Crippen molar-refractivity contribution < 1.29 is 4.92 Å². The Labute approximate surface area is 161 Å². The number of hydrogen-bond acceptors (Lipinski definition) is 5. The third kappa shape index (κ3) is 4.10. The lowest BCUT2D eigenvalue weighted by atomic mass is 10.1. The number of aromatic nitrogens is 1. The highest BCUT2D eigenvalue weighted by Gasteiger charge is 2.14. The summed E-state index contributed by atoms with van der Waals surface area (Å²) in [5, 5.41) is 21.1. The van der Waals surface area contributed by atoms with Crippen LogP contribution >= 0.6 is 11.3 Å². The van der Waals surface area contributed by atoms with E-state index in [4.69, 9.17) is 0 Å². The van der Waals surface area contributed by atoms with Gasteiger partial charge in [-0.25, -0.2) is 4.98 Å². The summed E-state index contributed by atoms with van der Waals surface area (Å²) < 4.78 is 0. The summed E-state index contributed by atoms with van der Waals surface area (Å²) in [6, 6.07) is 16.6. The Bertz CT molecular complexity index is 1060. The fourth-order valence-corrected chi connectivity index (χ4v) is 3.62. The van der Waals surface area contributed by atoms with Crippen molar-refractivity contribution in [1.82, 2.24) is 4.98 Å². The molecule has 0 unspecified atom stereocenters. The van der Waals surface area contributed by atoms with Gasteiger partial charge in [-0.05, 0) is 30.5 Å². The molecule has 0 amide bonds. The normalized spacial score (nSPS) is 11.2. The number of nitro groups is 1. The molecule has 0 fully saturated rings. The molecule has 134 valence electrons. The van der Waals surface area contributed by atoms with Crippen LogP contribution in [0.15, 0.2) is 48.5 Å². The van der Waals surface area contributed by atoms with E-state index in [9.17, 15) is 15.4 Å². The van der Waals surface area contributed by atoms with Gasteiger partial charge >= 0.3 is 0 Å². The van der Waals surface area contributed by atoms with Crippen molar-refractivity contribution in [3.8, 4) is 17.3 Å². The van der Waals surface area contributed by atoms with Crippen LogP contribution in [-0.4, -0.2) is 9.91 Å². The molecule has 3 rings (SSSR count). The number of nitro benzene ring substituents is 1. The van der Waals surface area contributed by atoms with Crippen LogP contribution < -0.4 is 0 Å². The van der Waals surface area contributed by atoms with Crippen LogP contribution in [0.1, 0.15) is 27.9 Å². The first-order chi connectivity index (χ1) is 13.0. The van der Waals surface area contributed by atoms with E-state index in [1.165, 1.54) is 29.0 Å². The number of aryl methyl sites for hydroxylation is 2. The van der Waals surface area contributed by atoms with Crippen molar-refractivity contribution in [1.29, 1.82) is 5.26 Å². The summed E-state index contributed by atoms with van der Waals surface area (Å²) in [5.41, 5.74) is 4.11. The quantitative estimate of drug-likeness (QED) is 0.328. The molecular formula is C21H17N3O2S. The van der Waals surface area contributed by atoms with E-state index >= 15 is 0 Å². The molecule has 27 heavy (non-hydrogen) atoms. The molecular weight excluding hydrogens is 358 g/mol. The van der Waals surface area contributed by atoms with Crippen LogP contribution in [-0.2, 0) is 6.42 Å². The minimum Gasteiger partial charge on any atom is -0.258 e. The van der Waals surface area contributed by atoms with Crippen LogP contribution in [0, 0.1) is 28.4 Å². The summed E-state index contributed by atoms with van der Waals surface area (Å²) in [6.45, 7) is 4.09. The number of allylic oxidation sites excluding steroid dienone is 1. The van der Waals surface area contributed by atoms with E-state index in [2.05, 4.69) is 30.1 Å². The number of benzene rings is 2. The SMILES string of the molecule is CCc1ccc(-c2nc(C(C#N)=Cc3cccc([N+](=O)[O-])c3)sc2C)cc1. The van der Waals surface area contributed by atoms with Crippen LogP contribution in [0.2, 0.25) is 0 Å². The van der Waals surface area contributed by atoms with E-state index in [0.29, 0.717) is 16.1 Å². The molecule has 1 aromatic heterocycles. The summed E-state index contributed by atoms with van der Waals surface area (Å²) in [6.07, 6.45) is 2.61. The second-order valence-electron chi connectivity index (χ2n) is 6.00. The molecule has 3 aromatic rings. The highest BCUT2D eigenvalue weighted by Crippen LogP contribution is 2.32. The number of non-ortho nitro benzene ring substituents is 1. The predicted molar refractivity (Wildman–Crippen MR) is 108 cm³/mol. The topological polar surface area (TPSA) is 79.8 Å². The Morgan fingerprint density at radius 2 is 2.04 bits per heavy atom. The van der Waals surface area contributed by atoms with Crippen molar-refractivity contribution in [3.63, 3.8) is 0 Å². The summed E-state index contributed by atoms with van der Waals surface area (Å²) in [5.74, 6) is 0. The Morgan fingerprint density at radius 1 is 1.30 bits per heavy atom. The molecule has 0 spiro atoms. The van der Waals surface area contributed by atoms with Gasteiger partial charge in [0.1, 0.15) is 11.1 Å². The second kappa shape index (κ2) is 7.94. The smallest absolute Gasteiger partial charge is 0.258 e. The van der Waals surface area contributed by atoms with Crippen molar-refractivity contribution in [2.75, 3.05) is 0 Å². The molecule has 1 heterocycles. The van der Waals surface area contributed by atoms with Gasteiger partial charge in [-0.1, -0.05) is 43.3 Å². The summed E-state index contributed by atoms with van der Waals surface area (Å²) in [4.78, 5) is 16.2. The minimum absolute atomic E-state index is 0.00642. The number of nitriles is 1. The van der Waals surface area contributed by atoms with E-state index in [1.807, 2.05) is 19.1 Å². The van der Waals surface area contributed by atoms with Crippen LogP contribution in [0.3, 0.4) is 0 Å². The lowest BCUT2D eigenvalue weighted by molar-refractivity contribution is -0.384. The van der Waals surface area contributed by atoms with Crippen molar-refractivity contribution >= 4 is 28.7 Å². The lowest BCUT2D eigenvalue weighted by Crippen LogP contribution is -1.88. The van der Waals surface area contributed by atoms with E-state index in [-0.39, 0.29) is 5.69 Å². The predicted octanol–water partition coefficient (Wildman–Crippen LogP) is 5.65. The van der Waals surface area contributed by atoms with Gasteiger partial charge in [0.2, 0.25) is 0 Å². The summed E-state index contributed by atoms with van der Waals surface area (Å²) in [7, 11) is 0. The van der Waals surface area contributed by atoms with Gasteiger partial charge in [-0.3, -0.25) is 10.1 Å². The van der Waals surface area contributed by atoms with Crippen molar-refractivity contribution in [3.05, 3.63) is 79.7 Å². The van der Waals surface area contributed by atoms with Crippen LogP contribution in [0.4, 0.5) is 5.69 Å². The molecule has 0 aliphatic heterocycles. The Hall–Kier alpha value is -3.30. The number of hydrogen-bond donors (Lipinski definition) is 0. The maximum absolute atomic E-state index is 10.9. The van der Waals surface area contributed by atoms with Gasteiger partial charge in [0.25, 0.3) is 5.69 Å². The fraction of sp³-hybridized carbons (Fsp3) is 0.143. The highest BCUT2D eigenvalue weighted by molar-refractivity contribution is 7.13. The molecule has 0 N–H and O–H groups in total. The largest absolute Gasteiger partial charge is 0.270 e. The van der Waals surface area contributed by atoms with Gasteiger partial charge in [-0.2, -0.15) is 5.26 Å².